The summed E-state index contributed by atoms with van der Waals surface area (Å²) in [5.41, 5.74) is 1.41. The minimum atomic E-state index is -1.02. The molecule has 0 bridgehead atoms. The number of amides is 2. The number of nitrogens with one attached hydrogen (secondary N) is 1. The third-order valence-electron chi connectivity index (χ3n) is 5.77. The first kappa shape index (κ1) is 24.8. The van der Waals surface area contributed by atoms with Crippen LogP contribution in [-0.4, -0.2) is 36.9 Å². The number of aliphatic hydroxyl groups excluding tert-OH is 1. The number of ketones is 1. The molecule has 1 aliphatic heterocycles. The molecule has 3 aromatic carbocycles. The van der Waals surface area contributed by atoms with Gasteiger partial charge in [0, 0.05) is 29.4 Å². The van der Waals surface area contributed by atoms with Gasteiger partial charge in [-0.25, -0.2) is 0 Å². The second-order valence-electron chi connectivity index (χ2n) is 7.98. The molecule has 3 aromatic rings. The number of rotatable bonds is 6. The topological polar surface area (TPSA) is 105 Å². The fourth-order valence-corrected chi connectivity index (χ4v) is 4.36. The van der Waals surface area contributed by atoms with Crippen LogP contribution in [0.3, 0.4) is 0 Å². The van der Waals surface area contributed by atoms with Gasteiger partial charge in [-0.1, -0.05) is 29.8 Å². The van der Waals surface area contributed by atoms with Gasteiger partial charge in [0.15, 0.2) is 0 Å². The van der Waals surface area contributed by atoms with E-state index in [-0.39, 0.29) is 22.1 Å². The first-order chi connectivity index (χ1) is 17.3. The number of carbonyl (C=O) groups is 3. The van der Waals surface area contributed by atoms with Crippen molar-refractivity contribution in [3.05, 3.63) is 88.5 Å². The Morgan fingerprint density at radius 3 is 2.33 bits per heavy atom. The summed E-state index contributed by atoms with van der Waals surface area (Å²) in [5.74, 6) is -1.56. The van der Waals surface area contributed by atoms with E-state index in [0.29, 0.717) is 28.4 Å². The average molecular weight is 507 g/mol. The monoisotopic (exact) mass is 506 g/mol. The molecule has 2 N–H and O–H groups in total. The minimum absolute atomic E-state index is 0.148. The van der Waals surface area contributed by atoms with E-state index in [2.05, 4.69) is 5.32 Å². The predicted molar refractivity (Wildman–Crippen MR) is 137 cm³/mol. The van der Waals surface area contributed by atoms with Crippen LogP contribution in [0.2, 0.25) is 5.02 Å². The third-order valence-corrected chi connectivity index (χ3v) is 6.10. The Morgan fingerprint density at radius 2 is 1.69 bits per heavy atom. The van der Waals surface area contributed by atoms with E-state index in [0.717, 1.165) is 0 Å². The first-order valence-electron chi connectivity index (χ1n) is 10.9. The van der Waals surface area contributed by atoms with Crippen molar-refractivity contribution in [3.63, 3.8) is 0 Å². The second-order valence-corrected chi connectivity index (χ2v) is 8.39. The lowest BCUT2D eigenvalue weighted by molar-refractivity contribution is -0.132. The molecule has 1 atom stereocenters. The SMILES string of the molecule is COc1ccc(Cl)c(/C(O)=C2\C(=O)C(=O)N(c3ccc(NC(C)=O)cc3)C2c2ccccc2OC)c1. The fourth-order valence-electron chi connectivity index (χ4n) is 4.15. The molecule has 0 aromatic heterocycles. The number of aliphatic hydroxyl groups is 1. The maximum atomic E-state index is 13.4. The number of hydrogen-bond donors (Lipinski definition) is 2. The molecule has 1 fully saturated rings. The van der Waals surface area contributed by atoms with Gasteiger partial charge in [0.1, 0.15) is 17.3 Å². The van der Waals surface area contributed by atoms with Gasteiger partial charge in [-0.15, -0.1) is 0 Å². The van der Waals surface area contributed by atoms with Gasteiger partial charge in [-0.3, -0.25) is 19.3 Å². The largest absolute Gasteiger partial charge is 0.507 e. The molecule has 0 saturated carbocycles. The Balaban J connectivity index is 1.95. The van der Waals surface area contributed by atoms with Crippen LogP contribution >= 0.6 is 11.6 Å². The summed E-state index contributed by atoms with van der Waals surface area (Å²) in [6.45, 7) is 1.39. The smallest absolute Gasteiger partial charge is 0.300 e. The number of benzene rings is 3. The molecule has 0 radical (unpaired) electrons. The van der Waals surface area contributed by atoms with Crippen molar-refractivity contribution in [1.82, 2.24) is 0 Å². The zero-order valence-corrected chi connectivity index (χ0v) is 20.5. The van der Waals surface area contributed by atoms with Crippen LogP contribution in [0, 0.1) is 0 Å². The fraction of sp³-hybridized carbons (Fsp3) is 0.148. The summed E-state index contributed by atoms with van der Waals surface area (Å²) in [7, 11) is 2.94. The highest BCUT2D eigenvalue weighted by molar-refractivity contribution is 6.52. The summed E-state index contributed by atoms with van der Waals surface area (Å²) in [6, 6.07) is 17.0. The Kier molecular flexibility index (Phi) is 6.98. The van der Waals surface area contributed by atoms with E-state index in [9.17, 15) is 19.5 Å². The van der Waals surface area contributed by atoms with Gasteiger partial charge in [0.25, 0.3) is 11.7 Å². The lowest BCUT2D eigenvalue weighted by Gasteiger charge is -2.27. The molecule has 2 amide bonds. The van der Waals surface area contributed by atoms with E-state index in [1.807, 2.05) is 0 Å². The molecule has 9 heteroatoms. The highest BCUT2D eigenvalue weighted by Gasteiger charge is 2.48. The Labute approximate surface area is 212 Å². The minimum Gasteiger partial charge on any atom is -0.507 e. The van der Waals surface area contributed by atoms with E-state index in [1.54, 1.807) is 54.6 Å². The number of halogens is 1. The molecule has 1 unspecified atom stereocenters. The molecule has 1 aliphatic rings. The van der Waals surface area contributed by atoms with Gasteiger partial charge in [-0.2, -0.15) is 0 Å². The van der Waals surface area contributed by atoms with Gasteiger partial charge in [0.05, 0.1) is 30.9 Å². The van der Waals surface area contributed by atoms with Crippen molar-refractivity contribution >= 4 is 46.3 Å². The zero-order valence-electron chi connectivity index (χ0n) is 19.7. The molecule has 1 saturated heterocycles. The third kappa shape index (κ3) is 4.50. The molecule has 0 spiro atoms. The Bertz CT molecular complexity index is 1380. The number of hydrogen-bond acceptors (Lipinski definition) is 6. The lowest BCUT2D eigenvalue weighted by atomic mass is 9.94. The van der Waals surface area contributed by atoms with Crippen molar-refractivity contribution in [2.24, 2.45) is 0 Å². The summed E-state index contributed by atoms with van der Waals surface area (Å²) in [4.78, 5) is 39.4. The second kappa shape index (κ2) is 10.1. The van der Waals surface area contributed by atoms with Crippen molar-refractivity contribution in [1.29, 1.82) is 0 Å². The molecule has 0 aliphatic carbocycles. The van der Waals surface area contributed by atoms with Crippen LogP contribution in [0.15, 0.2) is 72.3 Å². The van der Waals surface area contributed by atoms with Gasteiger partial charge < -0.3 is 19.9 Å². The van der Waals surface area contributed by atoms with Crippen LogP contribution in [0.5, 0.6) is 11.5 Å². The highest BCUT2D eigenvalue weighted by atomic mass is 35.5. The number of methoxy groups -OCH3 is 2. The molecule has 4 rings (SSSR count). The number of para-hydroxylation sites is 1. The standard InChI is InChI=1S/C27H23ClN2O6/c1-15(31)29-16-8-10-17(11-9-16)30-24(19-6-4-5-7-22(19)36-3)23(26(33)27(30)34)25(32)20-14-18(35-2)12-13-21(20)28/h4-14,24,32H,1-3H3,(H,29,31)/b25-23+. The van der Waals surface area contributed by atoms with Gasteiger partial charge in [-0.05, 0) is 48.5 Å². The first-order valence-corrected chi connectivity index (χ1v) is 11.3. The molecular weight excluding hydrogens is 484 g/mol. The van der Waals surface area contributed by atoms with E-state index in [1.165, 1.54) is 38.2 Å². The summed E-state index contributed by atoms with van der Waals surface area (Å²) >= 11 is 6.36. The van der Waals surface area contributed by atoms with Crippen molar-refractivity contribution < 1.29 is 29.0 Å². The van der Waals surface area contributed by atoms with E-state index in [4.69, 9.17) is 21.1 Å². The molecule has 184 valence electrons. The molecular formula is C27H23ClN2O6. The van der Waals surface area contributed by atoms with Gasteiger partial charge in [0.2, 0.25) is 5.91 Å². The van der Waals surface area contributed by atoms with Crippen LogP contribution in [0.4, 0.5) is 11.4 Å². The van der Waals surface area contributed by atoms with Crippen molar-refractivity contribution in [3.8, 4) is 11.5 Å². The number of Topliss-reactive ketones (excluding diaryl/α,β-unsaturated/α-hetero) is 1. The van der Waals surface area contributed by atoms with Crippen LogP contribution in [0.1, 0.15) is 24.1 Å². The lowest BCUT2D eigenvalue weighted by Crippen LogP contribution is -2.29. The number of anilines is 2. The predicted octanol–water partition coefficient (Wildman–Crippen LogP) is 4.94. The van der Waals surface area contributed by atoms with Crippen molar-refractivity contribution in [2.45, 2.75) is 13.0 Å². The summed E-state index contributed by atoms with van der Waals surface area (Å²) in [6.07, 6.45) is 0. The van der Waals surface area contributed by atoms with E-state index >= 15 is 0 Å². The maximum Gasteiger partial charge on any atom is 0.300 e. The molecule has 8 nitrogen and oxygen atoms in total. The Hall–Kier alpha value is -4.30. The van der Waals surface area contributed by atoms with E-state index < -0.39 is 23.5 Å². The van der Waals surface area contributed by atoms with Crippen molar-refractivity contribution in [2.75, 3.05) is 24.4 Å². The number of ether oxygens (including phenoxy) is 2. The average Bonchev–Trinajstić information content (AvgIpc) is 3.14. The molecule has 1 heterocycles. The summed E-state index contributed by atoms with van der Waals surface area (Å²) in [5, 5.41) is 14.2. The Morgan fingerprint density at radius 1 is 1.00 bits per heavy atom. The number of carbonyl (C=O) groups excluding carboxylic acids is 3. The molecule has 36 heavy (non-hydrogen) atoms. The number of nitrogens with zero attached hydrogens (tertiary/aromatic N) is 1. The summed E-state index contributed by atoms with van der Waals surface area (Å²) < 4.78 is 10.8. The van der Waals surface area contributed by atoms with Crippen LogP contribution in [0.25, 0.3) is 5.76 Å². The van der Waals surface area contributed by atoms with Gasteiger partial charge >= 0.3 is 0 Å². The highest BCUT2D eigenvalue weighted by Crippen LogP contribution is 2.45. The quantitative estimate of drug-likeness (QED) is 0.279. The van der Waals surface area contributed by atoms with Crippen LogP contribution in [-0.2, 0) is 14.4 Å². The maximum absolute atomic E-state index is 13.4. The zero-order chi connectivity index (χ0) is 26.0. The normalized spacial score (nSPS) is 16.7. The van der Waals surface area contributed by atoms with Crippen LogP contribution < -0.4 is 19.7 Å².